The zero-order valence-corrected chi connectivity index (χ0v) is 12.3. The first kappa shape index (κ1) is 12.8. The SMILES string of the molecule is CC(C)N(CC1CCCN1)c1ncnc2ccsc12. The van der Waals surface area contributed by atoms with Crippen molar-refractivity contribution in [2.45, 2.75) is 38.8 Å². The van der Waals surface area contributed by atoms with E-state index in [9.17, 15) is 0 Å². The molecule has 1 unspecified atom stereocenters. The molecule has 1 fully saturated rings. The van der Waals surface area contributed by atoms with Crippen LogP contribution < -0.4 is 10.2 Å². The molecule has 0 radical (unpaired) electrons. The lowest BCUT2D eigenvalue weighted by Crippen LogP contribution is -2.41. The van der Waals surface area contributed by atoms with Crippen LogP contribution in [0.25, 0.3) is 10.2 Å². The van der Waals surface area contributed by atoms with E-state index in [4.69, 9.17) is 0 Å². The summed E-state index contributed by atoms with van der Waals surface area (Å²) >= 11 is 1.73. The first-order chi connectivity index (χ1) is 9.25. The Kier molecular flexibility index (Phi) is 3.66. The van der Waals surface area contributed by atoms with Gasteiger partial charge >= 0.3 is 0 Å². The highest BCUT2D eigenvalue weighted by atomic mass is 32.1. The van der Waals surface area contributed by atoms with E-state index in [2.05, 4.69) is 45.5 Å². The summed E-state index contributed by atoms with van der Waals surface area (Å²) in [5.41, 5.74) is 1.06. The normalized spacial score (nSPS) is 19.4. The molecule has 1 saturated heterocycles. The summed E-state index contributed by atoms with van der Waals surface area (Å²) in [5, 5.41) is 5.66. The molecule has 0 amide bonds. The quantitative estimate of drug-likeness (QED) is 0.932. The lowest BCUT2D eigenvalue weighted by atomic mass is 10.2. The standard InChI is InChI=1S/C14H20N4S/c1-10(2)18(8-11-4-3-6-15-11)14-13-12(5-7-19-13)16-9-17-14/h5,7,9-11,15H,3-4,6,8H2,1-2H3. The van der Waals surface area contributed by atoms with E-state index < -0.39 is 0 Å². The van der Waals surface area contributed by atoms with Gasteiger partial charge in [0.05, 0.1) is 10.2 Å². The first-order valence-corrected chi connectivity index (χ1v) is 7.82. The fourth-order valence-corrected chi connectivity index (χ4v) is 3.52. The predicted octanol–water partition coefficient (Wildman–Crippen LogP) is 2.66. The van der Waals surface area contributed by atoms with Crippen molar-refractivity contribution in [2.75, 3.05) is 18.0 Å². The minimum absolute atomic E-state index is 0.447. The Morgan fingerprint density at radius 1 is 1.47 bits per heavy atom. The number of fused-ring (bicyclic) bond motifs is 1. The average Bonchev–Trinajstić information content (AvgIpc) is 3.06. The highest BCUT2D eigenvalue weighted by Crippen LogP contribution is 2.29. The van der Waals surface area contributed by atoms with Crippen molar-refractivity contribution in [1.82, 2.24) is 15.3 Å². The van der Waals surface area contributed by atoms with Gasteiger partial charge in [0.2, 0.25) is 0 Å². The van der Waals surface area contributed by atoms with Gasteiger partial charge in [0.1, 0.15) is 12.1 Å². The molecule has 1 aliphatic rings. The molecule has 2 aromatic heterocycles. The van der Waals surface area contributed by atoms with E-state index in [0.29, 0.717) is 12.1 Å². The van der Waals surface area contributed by atoms with Crippen molar-refractivity contribution in [3.63, 3.8) is 0 Å². The van der Waals surface area contributed by atoms with Crippen LogP contribution in [0.5, 0.6) is 0 Å². The van der Waals surface area contributed by atoms with Gasteiger partial charge in [-0.3, -0.25) is 0 Å². The molecule has 0 spiro atoms. The monoisotopic (exact) mass is 276 g/mol. The minimum atomic E-state index is 0.447. The average molecular weight is 276 g/mol. The van der Waals surface area contributed by atoms with Crippen molar-refractivity contribution in [1.29, 1.82) is 0 Å². The van der Waals surface area contributed by atoms with Gasteiger partial charge in [-0.2, -0.15) is 0 Å². The molecule has 1 N–H and O–H groups in total. The number of nitrogens with one attached hydrogen (secondary N) is 1. The Morgan fingerprint density at radius 3 is 3.11 bits per heavy atom. The number of hydrogen-bond acceptors (Lipinski definition) is 5. The van der Waals surface area contributed by atoms with Gasteiger partial charge in [0.25, 0.3) is 0 Å². The van der Waals surface area contributed by atoms with E-state index in [1.807, 2.05) is 0 Å². The fraction of sp³-hybridized carbons (Fsp3) is 0.571. The molecule has 3 rings (SSSR count). The van der Waals surface area contributed by atoms with E-state index >= 15 is 0 Å². The minimum Gasteiger partial charge on any atom is -0.351 e. The van der Waals surface area contributed by atoms with Crippen LogP contribution in [0.2, 0.25) is 0 Å². The third-order valence-corrected chi connectivity index (χ3v) is 4.60. The van der Waals surface area contributed by atoms with E-state index in [1.165, 1.54) is 17.5 Å². The van der Waals surface area contributed by atoms with Gasteiger partial charge in [0, 0.05) is 18.6 Å². The number of rotatable bonds is 4. The molecule has 19 heavy (non-hydrogen) atoms. The zero-order valence-electron chi connectivity index (χ0n) is 11.5. The van der Waals surface area contributed by atoms with Crippen molar-refractivity contribution in [2.24, 2.45) is 0 Å². The second kappa shape index (κ2) is 5.43. The van der Waals surface area contributed by atoms with Gasteiger partial charge < -0.3 is 10.2 Å². The lowest BCUT2D eigenvalue weighted by molar-refractivity contribution is 0.550. The van der Waals surface area contributed by atoms with Crippen molar-refractivity contribution < 1.29 is 0 Å². The molecular formula is C14H20N4S. The Morgan fingerprint density at radius 2 is 2.37 bits per heavy atom. The molecule has 1 atom stereocenters. The van der Waals surface area contributed by atoms with Crippen molar-refractivity contribution >= 4 is 27.4 Å². The largest absolute Gasteiger partial charge is 0.351 e. The maximum absolute atomic E-state index is 4.54. The first-order valence-electron chi connectivity index (χ1n) is 6.94. The molecule has 0 bridgehead atoms. The van der Waals surface area contributed by atoms with Gasteiger partial charge in [-0.25, -0.2) is 9.97 Å². The molecule has 3 heterocycles. The van der Waals surface area contributed by atoms with Crippen molar-refractivity contribution in [3.8, 4) is 0 Å². The second-order valence-corrected chi connectivity index (χ2v) is 6.29. The summed E-state index contributed by atoms with van der Waals surface area (Å²) in [7, 11) is 0. The number of aromatic nitrogens is 2. The Balaban J connectivity index is 1.92. The number of anilines is 1. The molecule has 102 valence electrons. The van der Waals surface area contributed by atoms with E-state index in [1.54, 1.807) is 17.7 Å². The van der Waals surface area contributed by atoms with Crippen molar-refractivity contribution in [3.05, 3.63) is 17.8 Å². The summed E-state index contributed by atoms with van der Waals surface area (Å²) in [6.45, 7) is 6.64. The number of thiophene rings is 1. The Bertz CT molecular complexity index is 545. The van der Waals surface area contributed by atoms with Crippen LogP contribution in [0, 0.1) is 0 Å². The molecule has 4 nitrogen and oxygen atoms in total. The molecule has 2 aromatic rings. The Hall–Kier alpha value is -1.20. The van der Waals surface area contributed by atoms with Gasteiger partial charge in [0.15, 0.2) is 0 Å². The van der Waals surface area contributed by atoms with Gasteiger partial charge in [-0.1, -0.05) is 0 Å². The van der Waals surface area contributed by atoms with Crippen LogP contribution in [-0.4, -0.2) is 35.1 Å². The molecular weight excluding hydrogens is 256 g/mol. The van der Waals surface area contributed by atoms with Crippen LogP contribution in [0.1, 0.15) is 26.7 Å². The van der Waals surface area contributed by atoms with Crippen LogP contribution >= 0.6 is 11.3 Å². The second-order valence-electron chi connectivity index (χ2n) is 5.37. The van der Waals surface area contributed by atoms with Crippen LogP contribution in [0.15, 0.2) is 17.8 Å². The summed E-state index contributed by atoms with van der Waals surface area (Å²) in [4.78, 5) is 11.3. The predicted molar refractivity (Wildman–Crippen MR) is 80.9 cm³/mol. The van der Waals surface area contributed by atoms with Gasteiger partial charge in [-0.15, -0.1) is 11.3 Å². The third kappa shape index (κ3) is 2.58. The fourth-order valence-electron chi connectivity index (χ4n) is 2.67. The topological polar surface area (TPSA) is 41.0 Å². The summed E-state index contributed by atoms with van der Waals surface area (Å²) in [6.07, 6.45) is 4.23. The molecule has 1 aliphatic heterocycles. The highest BCUT2D eigenvalue weighted by Gasteiger charge is 2.22. The summed E-state index contributed by atoms with van der Waals surface area (Å²) < 4.78 is 1.20. The Labute approximate surface area is 117 Å². The zero-order chi connectivity index (χ0) is 13.2. The lowest BCUT2D eigenvalue weighted by Gasteiger charge is -2.30. The number of nitrogens with zero attached hydrogens (tertiary/aromatic N) is 3. The molecule has 0 aliphatic carbocycles. The van der Waals surface area contributed by atoms with E-state index in [0.717, 1.165) is 24.4 Å². The van der Waals surface area contributed by atoms with Gasteiger partial charge in [-0.05, 0) is 44.7 Å². The maximum Gasteiger partial charge on any atom is 0.150 e. The molecule has 0 saturated carbocycles. The highest BCUT2D eigenvalue weighted by molar-refractivity contribution is 7.17. The van der Waals surface area contributed by atoms with E-state index in [-0.39, 0.29) is 0 Å². The third-order valence-electron chi connectivity index (χ3n) is 3.70. The maximum atomic E-state index is 4.54. The number of hydrogen-bond donors (Lipinski definition) is 1. The molecule has 0 aromatic carbocycles. The molecule has 5 heteroatoms. The smallest absolute Gasteiger partial charge is 0.150 e. The van der Waals surface area contributed by atoms with Crippen LogP contribution in [0.3, 0.4) is 0 Å². The van der Waals surface area contributed by atoms with Crippen LogP contribution in [0.4, 0.5) is 5.82 Å². The summed E-state index contributed by atoms with van der Waals surface area (Å²) in [5.74, 6) is 1.09. The summed E-state index contributed by atoms with van der Waals surface area (Å²) in [6, 6.07) is 3.10. The van der Waals surface area contributed by atoms with Crippen LogP contribution in [-0.2, 0) is 0 Å².